The highest BCUT2D eigenvalue weighted by Gasteiger charge is 2.31. The molecule has 0 fully saturated rings. The molecule has 2 aromatic rings. The number of pyridine rings is 1. The summed E-state index contributed by atoms with van der Waals surface area (Å²) >= 11 is 0. The first-order valence-electron chi connectivity index (χ1n) is 6.90. The zero-order valence-corrected chi connectivity index (χ0v) is 14.1. The van der Waals surface area contributed by atoms with Gasteiger partial charge in [0.1, 0.15) is 6.34 Å². The number of nitrogens with zero attached hydrogens (tertiary/aromatic N) is 3. The van der Waals surface area contributed by atoms with Gasteiger partial charge < -0.3 is 10.6 Å². The summed E-state index contributed by atoms with van der Waals surface area (Å²) in [5, 5.41) is 0. The van der Waals surface area contributed by atoms with Crippen molar-refractivity contribution < 1.29 is 21.6 Å². The third-order valence-corrected chi connectivity index (χ3v) is 4.34. The summed E-state index contributed by atoms with van der Waals surface area (Å²) in [5.74, 6) is 0. The normalized spacial score (nSPS) is 12.5. The van der Waals surface area contributed by atoms with Crippen LogP contribution in [0.3, 0.4) is 0 Å². The average molecular weight is 372 g/mol. The fourth-order valence-corrected chi connectivity index (χ4v) is 3.12. The molecule has 0 spiro atoms. The molecule has 0 aliphatic carbocycles. The number of alkyl halides is 3. The summed E-state index contributed by atoms with van der Waals surface area (Å²) in [6.45, 7) is 0. The van der Waals surface area contributed by atoms with Gasteiger partial charge in [0.15, 0.2) is 0 Å². The molecule has 0 radical (unpaired) electrons. The fraction of sp³-hybridized carbons (Fsp3) is 0.200. The highest BCUT2D eigenvalue weighted by Crippen LogP contribution is 2.34. The number of halogens is 3. The maximum Gasteiger partial charge on any atom is 0.417 e. The van der Waals surface area contributed by atoms with E-state index in [-0.39, 0.29) is 21.7 Å². The van der Waals surface area contributed by atoms with Crippen molar-refractivity contribution >= 4 is 22.0 Å². The number of anilines is 1. The van der Waals surface area contributed by atoms with Gasteiger partial charge in [0.25, 0.3) is 10.0 Å². The highest BCUT2D eigenvalue weighted by molar-refractivity contribution is 7.90. The number of hydrogen-bond acceptors (Lipinski definition) is 4. The Morgan fingerprint density at radius 2 is 1.88 bits per heavy atom. The Bertz CT molecular complexity index is 909. The van der Waals surface area contributed by atoms with Gasteiger partial charge in [0.2, 0.25) is 0 Å². The van der Waals surface area contributed by atoms with Gasteiger partial charge in [0.05, 0.1) is 10.5 Å². The Balaban J connectivity index is 2.65. The molecule has 0 aliphatic heterocycles. The Morgan fingerprint density at radius 3 is 2.48 bits per heavy atom. The van der Waals surface area contributed by atoms with E-state index in [0.29, 0.717) is 6.20 Å². The second-order valence-corrected chi connectivity index (χ2v) is 6.98. The molecule has 1 heterocycles. The standard InChI is InChI=1S/C15H15F3N4O2S/c1-22(2)9-21-25(23,24)14-6-12(19)3-4-13(14)10-5-11(8-20-7-10)15(16,17)18/h3-9H,19H2,1-2H3/b21-9+. The van der Waals surface area contributed by atoms with Crippen molar-refractivity contribution in [2.24, 2.45) is 4.40 Å². The summed E-state index contributed by atoms with van der Waals surface area (Å²) < 4.78 is 67.0. The first-order chi connectivity index (χ1) is 11.5. The van der Waals surface area contributed by atoms with Crippen molar-refractivity contribution in [2.75, 3.05) is 19.8 Å². The molecular weight excluding hydrogens is 357 g/mol. The molecule has 0 saturated heterocycles. The molecule has 2 rings (SSSR count). The van der Waals surface area contributed by atoms with Gasteiger partial charge in [-0.15, -0.1) is 4.40 Å². The quantitative estimate of drug-likeness (QED) is 0.506. The first kappa shape index (κ1) is 18.7. The topological polar surface area (TPSA) is 88.7 Å². The molecule has 25 heavy (non-hydrogen) atoms. The van der Waals surface area contributed by atoms with Crippen LogP contribution in [0.2, 0.25) is 0 Å². The number of benzene rings is 1. The number of rotatable bonds is 4. The van der Waals surface area contributed by atoms with Crippen molar-refractivity contribution in [2.45, 2.75) is 11.1 Å². The Morgan fingerprint density at radius 1 is 1.20 bits per heavy atom. The molecular formula is C15H15F3N4O2S. The predicted octanol–water partition coefficient (Wildman–Crippen LogP) is 2.63. The molecule has 10 heteroatoms. The molecule has 0 unspecified atom stereocenters. The average Bonchev–Trinajstić information content (AvgIpc) is 2.52. The lowest BCUT2D eigenvalue weighted by molar-refractivity contribution is -0.137. The summed E-state index contributed by atoms with van der Waals surface area (Å²) in [6.07, 6.45) is -1.71. The van der Waals surface area contributed by atoms with E-state index in [4.69, 9.17) is 5.73 Å². The first-order valence-corrected chi connectivity index (χ1v) is 8.34. The highest BCUT2D eigenvalue weighted by atomic mass is 32.2. The van der Waals surface area contributed by atoms with Crippen LogP contribution in [0, 0.1) is 0 Å². The Labute approximate surface area is 142 Å². The van der Waals surface area contributed by atoms with Crippen LogP contribution in [0.4, 0.5) is 18.9 Å². The second-order valence-electron chi connectivity index (χ2n) is 5.38. The third-order valence-electron chi connectivity index (χ3n) is 3.08. The van der Waals surface area contributed by atoms with Crippen LogP contribution in [0.25, 0.3) is 11.1 Å². The number of sulfonamides is 1. The molecule has 1 aromatic carbocycles. The largest absolute Gasteiger partial charge is 0.417 e. The summed E-state index contributed by atoms with van der Waals surface area (Å²) in [7, 11) is -1.01. The minimum atomic E-state index is -4.60. The molecule has 134 valence electrons. The lowest BCUT2D eigenvalue weighted by Gasteiger charge is -2.12. The van der Waals surface area contributed by atoms with Gasteiger partial charge in [-0.25, -0.2) is 0 Å². The van der Waals surface area contributed by atoms with Crippen LogP contribution in [-0.4, -0.2) is 38.7 Å². The van der Waals surface area contributed by atoms with Crippen LogP contribution in [-0.2, 0) is 16.2 Å². The molecule has 0 bridgehead atoms. The molecule has 1 aromatic heterocycles. The molecule has 0 saturated carbocycles. The zero-order chi connectivity index (χ0) is 18.8. The van der Waals surface area contributed by atoms with E-state index >= 15 is 0 Å². The van der Waals surface area contributed by atoms with E-state index in [1.54, 1.807) is 14.1 Å². The van der Waals surface area contributed by atoms with Gasteiger partial charge in [-0.05, 0) is 18.2 Å². The van der Waals surface area contributed by atoms with E-state index in [9.17, 15) is 21.6 Å². The smallest absolute Gasteiger partial charge is 0.399 e. The Hall–Kier alpha value is -2.62. The van der Waals surface area contributed by atoms with E-state index in [1.165, 1.54) is 17.0 Å². The zero-order valence-electron chi connectivity index (χ0n) is 13.3. The fourth-order valence-electron chi connectivity index (χ4n) is 1.95. The van der Waals surface area contributed by atoms with Gasteiger partial charge in [0, 0.05) is 43.3 Å². The summed E-state index contributed by atoms with van der Waals surface area (Å²) in [5.41, 5.74) is 4.82. The van der Waals surface area contributed by atoms with Crippen LogP contribution in [0.1, 0.15) is 5.56 Å². The van der Waals surface area contributed by atoms with Crippen molar-refractivity contribution in [1.82, 2.24) is 9.88 Å². The third kappa shape index (κ3) is 4.47. The van der Waals surface area contributed by atoms with Crippen molar-refractivity contribution in [3.8, 4) is 11.1 Å². The van der Waals surface area contributed by atoms with Crippen LogP contribution in [0.5, 0.6) is 0 Å². The number of aromatic nitrogens is 1. The monoisotopic (exact) mass is 372 g/mol. The predicted molar refractivity (Wildman–Crippen MR) is 88.5 cm³/mol. The SMILES string of the molecule is CN(C)/C=N/S(=O)(=O)c1cc(N)ccc1-c1cncc(C(F)(F)F)c1. The molecule has 0 atom stereocenters. The van der Waals surface area contributed by atoms with Gasteiger partial charge in [-0.2, -0.15) is 21.6 Å². The Kier molecular flexibility index (Phi) is 5.02. The van der Waals surface area contributed by atoms with Gasteiger partial charge in [-0.1, -0.05) is 6.07 Å². The van der Waals surface area contributed by atoms with Crippen LogP contribution in [0.15, 0.2) is 46.0 Å². The van der Waals surface area contributed by atoms with Crippen molar-refractivity contribution in [3.05, 3.63) is 42.2 Å². The number of nitrogen functional groups attached to an aromatic ring is 1. The molecule has 0 amide bonds. The second kappa shape index (κ2) is 6.71. The van der Waals surface area contributed by atoms with E-state index in [1.807, 2.05) is 0 Å². The minimum absolute atomic E-state index is 0.00606. The lowest BCUT2D eigenvalue weighted by Crippen LogP contribution is -2.11. The summed E-state index contributed by atoms with van der Waals surface area (Å²) in [6, 6.07) is 4.69. The molecule has 0 aliphatic rings. The summed E-state index contributed by atoms with van der Waals surface area (Å²) in [4.78, 5) is 4.67. The van der Waals surface area contributed by atoms with Crippen LogP contribution < -0.4 is 5.73 Å². The lowest BCUT2D eigenvalue weighted by atomic mass is 10.1. The minimum Gasteiger partial charge on any atom is -0.399 e. The van der Waals surface area contributed by atoms with E-state index in [0.717, 1.165) is 24.7 Å². The number of hydrogen-bond donors (Lipinski definition) is 1. The number of nitrogens with two attached hydrogens (primary N) is 1. The van der Waals surface area contributed by atoms with Gasteiger partial charge in [-0.3, -0.25) is 4.98 Å². The van der Waals surface area contributed by atoms with E-state index < -0.39 is 21.8 Å². The molecule has 6 nitrogen and oxygen atoms in total. The van der Waals surface area contributed by atoms with Crippen LogP contribution >= 0.6 is 0 Å². The van der Waals surface area contributed by atoms with Gasteiger partial charge >= 0.3 is 6.18 Å². The van der Waals surface area contributed by atoms with E-state index in [2.05, 4.69) is 9.38 Å². The maximum absolute atomic E-state index is 12.9. The molecule has 2 N–H and O–H groups in total. The maximum atomic E-state index is 12.9. The van der Waals surface area contributed by atoms with Crippen molar-refractivity contribution in [3.63, 3.8) is 0 Å². The van der Waals surface area contributed by atoms with Crippen molar-refractivity contribution in [1.29, 1.82) is 0 Å².